The number of hydrogen-bond donors (Lipinski definition) is 12. The number of hydrogen-bond acceptors (Lipinski definition) is 21. The summed E-state index contributed by atoms with van der Waals surface area (Å²) in [6, 6.07) is -3.03. The number of rotatable bonds is 23. The van der Waals surface area contributed by atoms with E-state index in [4.69, 9.17) is 33.2 Å². The standard InChI is InChI=1S/C36H62N2O22/c1-4-54-35(52)38-24-29(26(47)20(15-40)56-32(24)55-12-10-8-6-5-7-9-11-22(45)53-3)58-33-28(49)31(27(48)21(16-41)57-33)60-36(34(50)51)13-18(43)23(37-17(2)42)30(59-36)25(46)19(44)14-39/h18-21,23-33,39-41,43-44,46-49H,4-16H2,1-3H3,(H,37,42)(H,38,52)(H,50,51)/t18?,19?,20?,21?,23-,24?,25?,26-,27+,28?,29?,30?,31?,32-,33?,36+/m1/s1. The van der Waals surface area contributed by atoms with E-state index in [1.54, 1.807) is 0 Å². The molecule has 3 heterocycles. The first kappa shape index (κ1) is 51.4. The summed E-state index contributed by atoms with van der Waals surface area (Å²) in [5.41, 5.74) is 0. The number of nitrogens with one attached hydrogen (secondary N) is 2. The number of carbonyl (C=O) groups excluding carboxylic acids is 3. The van der Waals surface area contributed by atoms with Gasteiger partial charge in [-0.3, -0.25) is 9.59 Å². The maximum absolute atomic E-state index is 12.9. The molecule has 3 saturated heterocycles. The molecule has 0 aromatic carbocycles. The van der Waals surface area contributed by atoms with Crippen molar-refractivity contribution in [3.8, 4) is 0 Å². The molecule has 0 spiro atoms. The van der Waals surface area contributed by atoms with Gasteiger partial charge in [0, 0.05) is 26.4 Å². The van der Waals surface area contributed by atoms with Gasteiger partial charge in [0.1, 0.15) is 67.1 Å². The highest BCUT2D eigenvalue weighted by Crippen LogP contribution is 2.38. The number of aliphatic carboxylic acids is 1. The van der Waals surface area contributed by atoms with Crippen molar-refractivity contribution in [2.45, 2.75) is 163 Å². The lowest BCUT2D eigenvalue weighted by Gasteiger charge is -2.51. The van der Waals surface area contributed by atoms with Crippen molar-refractivity contribution in [2.75, 3.05) is 40.1 Å². The van der Waals surface area contributed by atoms with Gasteiger partial charge in [0.05, 0.1) is 45.7 Å². The molecule has 60 heavy (non-hydrogen) atoms. The fourth-order valence-corrected chi connectivity index (χ4v) is 7.14. The average Bonchev–Trinajstić information content (AvgIpc) is 3.21. The van der Waals surface area contributed by atoms with E-state index >= 15 is 0 Å². The molecule has 0 aromatic rings. The first-order valence-corrected chi connectivity index (χ1v) is 19.8. The topological polar surface area (TPSA) is 368 Å². The molecular formula is C36H62N2O22. The molecule has 24 heteroatoms. The molecule has 0 radical (unpaired) electrons. The Labute approximate surface area is 345 Å². The van der Waals surface area contributed by atoms with E-state index in [0.717, 1.165) is 26.2 Å². The molecule has 3 fully saturated rings. The van der Waals surface area contributed by atoms with Gasteiger partial charge < -0.3 is 99.6 Å². The van der Waals surface area contributed by atoms with Crippen LogP contribution in [0.2, 0.25) is 0 Å². The van der Waals surface area contributed by atoms with Gasteiger partial charge in [-0.15, -0.1) is 0 Å². The van der Waals surface area contributed by atoms with E-state index in [1.807, 2.05) is 0 Å². The fraction of sp³-hybridized carbons (Fsp3) is 0.889. The van der Waals surface area contributed by atoms with E-state index in [9.17, 15) is 70.2 Å². The van der Waals surface area contributed by atoms with Crippen LogP contribution in [-0.4, -0.2) is 213 Å². The number of carboxylic acids is 1. The molecule has 0 saturated carbocycles. The zero-order chi connectivity index (χ0) is 44.7. The molecule has 11 unspecified atom stereocenters. The van der Waals surface area contributed by atoms with Gasteiger partial charge in [0.2, 0.25) is 5.91 Å². The summed E-state index contributed by atoms with van der Waals surface area (Å²) in [5, 5.41) is 111. The van der Waals surface area contributed by atoms with Crippen molar-refractivity contribution in [3.05, 3.63) is 0 Å². The fourth-order valence-electron chi connectivity index (χ4n) is 7.14. The van der Waals surface area contributed by atoms with Gasteiger partial charge >= 0.3 is 18.0 Å². The quantitative estimate of drug-likeness (QED) is 0.0340. The van der Waals surface area contributed by atoms with Crippen molar-refractivity contribution in [3.63, 3.8) is 0 Å². The van der Waals surface area contributed by atoms with E-state index in [0.29, 0.717) is 25.7 Å². The average molecular weight is 875 g/mol. The number of esters is 1. The van der Waals surface area contributed by atoms with Crippen LogP contribution < -0.4 is 10.6 Å². The Kier molecular flexibility index (Phi) is 21.1. The van der Waals surface area contributed by atoms with Gasteiger partial charge in [0.15, 0.2) is 12.6 Å². The van der Waals surface area contributed by atoms with E-state index in [2.05, 4.69) is 15.4 Å². The Morgan fingerprint density at radius 3 is 1.98 bits per heavy atom. The number of unbranched alkanes of at least 4 members (excludes halogenated alkanes) is 5. The van der Waals surface area contributed by atoms with Crippen molar-refractivity contribution in [1.29, 1.82) is 0 Å². The predicted octanol–water partition coefficient (Wildman–Crippen LogP) is -4.54. The zero-order valence-electron chi connectivity index (χ0n) is 33.7. The van der Waals surface area contributed by atoms with Crippen molar-refractivity contribution in [1.82, 2.24) is 10.6 Å². The smallest absolute Gasteiger partial charge is 0.407 e. The highest BCUT2D eigenvalue weighted by molar-refractivity contribution is 5.76. The van der Waals surface area contributed by atoms with Gasteiger partial charge in [-0.25, -0.2) is 9.59 Å². The van der Waals surface area contributed by atoms with Crippen LogP contribution in [0.15, 0.2) is 0 Å². The molecular weight excluding hydrogens is 812 g/mol. The molecule has 348 valence electrons. The van der Waals surface area contributed by atoms with Gasteiger partial charge in [-0.2, -0.15) is 0 Å². The van der Waals surface area contributed by atoms with Crippen LogP contribution in [-0.2, 0) is 52.3 Å². The highest BCUT2D eigenvalue weighted by atomic mass is 16.8. The number of carbonyl (C=O) groups is 4. The van der Waals surface area contributed by atoms with Crippen molar-refractivity contribution >= 4 is 23.9 Å². The summed E-state index contributed by atoms with van der Waals surface area (Å²) in [4.78, 5) is 48.9. The van der Waals surface area contributed by atoms with Crippen LogP contribution in [0.5, 0.6) is 0 Å². The molecule has 3 aliphatic heterocycles. The number of carboxylic acid groups (broad SMARTS) is 1. The molecule has 0 aliphatic carbocycles. The zero-order valence-corrected chi connectivity index (χ0v) is 33.7. The molecule has 2 amide bonds. The summed E-state index contributed by atoms with van der Waals surface area (Å²) in [7, 11) is 1.32. The number of ether oxygens (including phenoxy) is 8. The minimum Gasteiger partial charge on any atom is -0.477 e. The lowest BCUT2D eigenvalue weighted by atomic mass is 9.88. The van der Waals surface area contributed by atoms with Crippen LogP contribution in [0.4, 0.5) is 4.79 Å². The van der Waals surface area contributed by atoms with Crippen LogP contribution in [0.1, 0.15) is 65.2 Å². The molecule has 16 atom stereocenters. The summed E-state index contributed by atoms with van der Waals surface area (Å²) in [6.45, 7) is -0.317. The Hall–Kier alpha value is -2.92. The third-order valence-corrected chi connectivity index (χ3v) is 10.3. The van der Waals surface area contributed by atoms with Gasteiger partial charge in [-0.05, 0) is 19.8 Å². The third-order valence-electron chi connectivity index (χ3n) is 10.3. The second-order valence-electron chi connectivity index (χ2n) is 14.7. The number of amides is 2. The van der Waals surface area contributed by atoms with Crippen LogP contribution >= 0.6 is 0 Å². The Balaban J connectivity index is 1.88. The Morgan fingerprint density at radius 1 is 0.817 bits per heavy atom. The molecule has 3 rings (SSSR count). The van der Waals surface area contributed by atoms with Crippen molar-refractivity contribution in [2.24, 2.45) is 0 Å². The molecule has 0 aromatic heterocycles. The largest absolute Gasteiger partial charge is 0.477 e. The van der Waals surface area contributed by atoms with Crippen LogP contribution in [0.25, 0.3) is 0 Å². The third kappa shape index (κ3) is 13.5. The molecule has 3 aliphatic rings. The SMILES string of the molecule is CCOC(=O)NC1C(OC2OC(CO)[C@H](O)C(O[C@]3(C(=O)O)CC(O)[C@@H](NC(C)=O)C(C(O)C(O)CO)O3)C2O)[C@H](O)C(CO)O[C@H]1OCCCCCCCCC(=O)OC. The van der Waals surface area contributed by atoms with Crippen molar-refractivity contribution < 1.29 is 108 Å². The lowest BCUT2D eigenvalue weighted by Crippen LogP contribution is -2.71. The Morgan fingerprint density at radius 2 is 1.42 bits per heavy atom. The number of aliphatic hydroxyl groups is 9. The Bertz CT molecular complexity index is 1350. The van der Waals surface area contributed by atoms with E-state index in [1.165, 1.54) is 14.0 Å². The second kappa shape index (κ2) is 24.6. The highest BCUT2D eigenvalue weighted by Gasteiger charge is 2.60. The molecule has 24 nitrogen and oxygen atoms in total. The molecule has 12 N–H and O–H groups in total. The van der Waals surface area contributed by atoms with E-state index in [-0.39, 0.29) is 19.2 Å². The van der Waals surface area contributed by atoms with Gasteiger partial charge in [0.25, 0.3) is 5.79 Å². The number of alkyl carbamates (subject to hydrolysis) is 1. The maximum atomic E-state index is 12.9. The minimum absolute atomic E-state index is 0.0585. The van der Waals surface area contributed by atoms with Gasteiger partial charge in [-0.1, -0.05) is 25.7 Å². The lowest BCUT2D eigenvalue weighted by molar-refractivity contribution is -0.381. The molecule has 0 bridgehead atoms. The summed E-state index contributed by atoms with van der Waals surface area (Å²) >= 11 is 0. The first-order chi connectivity index (χ1) is 28.5. The van der Waals surface area contributed by atoms with E-state index < -0.39 is 142 Å². The number of methoxy groups -OCH3 is 1. The maximum Gasteiger partial charge on any atom is 0.407 e. The second-order valence-corrected chi connectivity index (χ2v) is 14.7. The van der Waals surface area contributed by atoms with Crippen LogP contribution in [0.3, 0.4) is 0 Å². The normalized spacial score (nSPS) is 35.5. The monoisotopic (exact) mass is 874 g/mol. The first-order valence-electron chi connectivity index (χ1n) is 19.8. The summed E-state index contributed by atoms with van der Waals surface area (Å²) < 4.78 is 44.4. The predicted molar refractivity (Wildman–Crippen MR) is 196 cm³/mol. The minimum atomic E-state index is -3.07. The summed E-state index contributed by atoms with van der Waals surface area (Å²) in [5.74, 6) is -6.09. The van der Waals surface area contributed by atoms with Crippen LogP contribution in [0, 0.1) is 0 Å². The summed E-state index contributed by atoms with van der Waals surface area (Å²) in [6.07, 6.45) is -21.9. The number of aliphatic hydroxyl groups excluding tert-OH is 9.